The number of ether oxygens (including phenoxy) is 1. The molecule has 0 radical (unpaired) electrons. The molecule has 1 aliphatic heterocycles. The largest absolute Gasteiger partial charge is 0.375 e. The molecule has 1 saturated heterocycles. The zero-order valence-electron chi connectivity index (χ0n) is 12.3. The minimum atomic E-state index is 0.309. The first-order valence-electron chi connectivity index (χ1n) is 7.91. The van der Waals surface area contributed by atoms with Crippen LogP contribution < -0.4 is 5.32 Å². The highest BCUT2D eigenvalue weighted by Gasteiger charge is 2.26. The van der Waals surface area contributed by atoms with Crippen LogP contribution in [0.2, 0.25) is 0 Å². The third-order valence-corrected chi connectivity index (χ3v) is 5.53. The molecule has 0 bridgehead atoms. The van der Waals surface area contributed by atoms with Gasteiger partial charge in [-0.3, -0.25) is 0 Å². The summed E-state index contributed by atoms with van der Waals surface area (Å²) in [5.74, 6) is 3.06. The van der Waals surface area contributed by atoms with Gasteiger partial charge in [0.25, 0.3) is 0 Å². The number of hydrogen-bond donors (Lipinski definition) is 1. The second kappa shape index (κ2) is 6.97. The Morgan fingerprint density at radius 1 is 1.30 bits per heavy atom. The van der Waals surface area contributed by atoms with E-state index >= 15 is 0 Å². The summed E-state index contributed by atoms with van der Waals surface area (Å²) in [6.07, 6.45) is 4.46. The average Bonchev–Trinajstić information content (AvgIpc) is 2.45. The molecular weight excluding hydrogens is 266 g/mol. The van der Waals surface area contributed by atoms with Gasteiger partial charge in [0.05, 0.1) is 18.8 Å². The first kappa shape index (κ1) is 14.4. The van der Waals surface area contributed by atoms with Crippen molar-refractivity contribution >= 4 is 11.8 Å². The van der Waals surface area contributed by atoms with Gasteiger partial charge in [-0.25, -0.2) is 0 Å². The lowest BCUT2D eigenvalue weighted by Gasteiger charge is -2.31. The van der Waals surface area contributed by atoms with Crippen molar-refractivity contribution in [2.45, 2.75) is 44.2 Å². The zero-order valence-corrected chi connectivity index (χ0v) is 13.1. The van der Waals surface area contributed by atoms with Crippen LogP contribution in [-0.2, 0) is 4.74 Å². The summed E-state index contributed by atoms with van der Waals surface area (Å²) < 4.78 is 5.97. The Labute approximate surface area is 126 Å². The number of likely N-dealkylation sites (N-methyl/N-ethyl adjacent to an activating group) is 1. The van der Waals surface area contributed by atoms with Gasteiger partial charge in [0.15, 0.2) is 0 Å². The molecule has 3 heteroatoms. The van der Waals surface area contributed by atoms with Crippen LogP contribution in [0.5, 0.6) is 0 Å². The van der Waals surface area contributed by atoms with Crippen LogP contribution >= 0.6 is 11.8 Å². The molecule has 1 aromatic rings. The Morgan fingerprint density at radius 3 is 2.65 bits per heavy atom. The first-order valence-corrected chi connectivity index (χ1v) is 9.06. The molecule has 1 saturated carbocycles. The van der Waals surface area contributed by atoms with E-state index in [-0.39, 0.29) is 0 Å². The molecule has 1 aliphatic carbocycles. The Hall–Kier alpha value is -0.510. The highest BCUT2D eigenvalue weighted by molar-refractivity contribution is 7.99. The number of rotatable bonds is 5. The molecule has 2 unspecified atom stereocenters. The van der Waals surface area contributed by atoms with Gasteiger partial charge in [0.1, 0.15) is 0 Å². The summed E-state index contributed by atoms with van der Waals surface area (Å²) in [6, 6.07) is 9.62. The van der Waals surface area contributed by atoms with Crippen LogP contribution in [0, 0.1) is 0 Å². The summed E-state index contributed by atoms with van der Waals surface area (Å²) in [4.78, 5) is 0. The van der Waals surface area contributed by atoms with Crippen molar-refractivity contribution in [2.24, 2.45) is 0 Å². The lowest BCUT2D eigenvalue weighted by atomic mass is 9.79. The lowest BCUT2D eigenvalue weighted by Crippen LogP contribution is -2.38. The summed E-state index contributed by atoms with van der Waals surface area (Å²) in [5, 5.41) is 3.61. The minimum absolute atomic E-state index is 0.309. The van der Waals surface area contributed by atoms with Gasteiger partial charge in [0.2, 0.25) is 0 Å². The van der Waals surface area contributed by atoms with Crippen molar-refractivity contribution in [3.8, 4) is 0 Å². The van der Waals surface area contributed by atoms with E-state index in [9.17, 15) is 0 Å². The third-order valence-electron chi connectivity index (χ3n) is 4.51. The fraction of sp³-hybridized carbons (Fsp3) is 0.647. The van der Waals surface area contributed by atoms with Crippen LogP contribution in [0.3, 0.4) is 0 Å². The van der Waals surface area contributed by atoms with Gasteiger partial charge >= 0.3 is 0 Å². The Bertz CT molecular complexity index is 410. The SMILES string of the molecule is CCNC(c1ccc(C2CCC2)cc1)C1CSCCO1. The Kier molecular flexibility index (Phi) is 5.03. The molecule has 1 heterocycles. The lowest BCUT2D eigenvalue weighted by molar-refractivity contribution is 0.0472. The molecule has 0 spiro atoms. The fourth-order valence-electron chi connectivity index (χ4n) is 3.10. The fourth-order valence-corrected chi connectivity index (χ4v) is 4.00. The van der Waals surface area contributed by atoms with Crippen LogP contribution in [0.4, 0.5) is 0 Å². The molecule has 0 aromatic heterocycles. The van der Waals surface area contributed by atoms with Gasteiger partial charge < -0.3 is 10.1 Å². The topological polar surface area (TPSA) is 21.3 Å². The maximum Gasteiger partial charge on any atom is 0.0860 e. The van der Waals surface area contributed by atoms with Crippen LogP contribution in [0.15, 0.2) is 24.3 Å². The van der Waals surface area contributed by atoms with Crippen LogP contribution in [0.1, 0.15) is 49.3 Å². The van der Waals surface area contributed by atoms with E-state index in [0.29, 0.717) is 12.1 Å². The molecule has 3 rings (SSSR count). The molecule has 2 nitrogen and oxygen atoms in total. The predicted molar refractivity (Wildman–Crippen MR) is 86.5 cm³/mol. The zero-order chi connectivity index (χ0) is 13.8. The van der Waals surface area contributed by atoms with E-state index in [1.165, 1.54) is 30.4 Å². The van der Waals surface area contributed by atoms with Crippen molar-refractivity contribution in [1.82, 2.24) is 5.32 Å². The molecule has 110 valence electrons. The quantitative estimate of drug-likeness (QED) is 0.893. The second-order valence-corrected chi connectivity index (χ2v) is 6.96. The van der Waals surface area contributed by atoms with E-state index in [2.05, 4.69) is 36.5 Å². The minimum Gasteiger partial charge on any atom is -0.375 e. The van der Waals surface area contributed by atoms with E-state index in [4.69, 9.17) is 4.74 Å². The van der Waals surface area contributed by atoms with Gasteiger partial charge in [-0.2, -0.15) is 11.8 Å². The molecule has 2 atom stereocenters. The standard InChI is InChI=1S/C17H25NOS/c1-2-18-17(16-12-20-11-10-19-16)15-8-6-14(7-9-15)13-4-3-5-13/h6-9,13,16-18H,2-5,10-12H2,1H3. The predicted octanol–water partition coefficient (Wildman–Crippen LogP) is 3.74. The maximum atomic E-state index is 5.97. The highest BCUT2D eigenvalue weighted by atomic mass is 32.2. The number of benzene rings is 1. The van der Waals surface area contributed by atoms with Crippen molar-refractivity contribution in [2.75, 3.05) is 24.7 Å². The summed E-state index contributed by atoms with van der Waals surface area (Å²) >= 11 is 2.01. The summed E-state index contributed by atoms with van der Waals surface area (Å²) in [7, 11) is 0. The normalized spacial score (nSPS) is 25.1. The van der Waals surface area contributed by atoms with E-state index < -0.39 is 0 Å². The van der Waals surface area contributed by atoms with Gasteiger partial charge in [-0.1, -0.05) is 37.6 Å². The molecule has 20 heavy (non-hydrogen) atoms. The summed E-state index contributed by atoms with van der Waals surface area (Å²) in [5.41, 5.74) is 2.90. The molecule has 2 aliphatic rings. The third kappa shape index (κ3) is 3.21. The van der Waals surface area contributed by atoms with Crippen molar-refractivity contribution in [1.29, 1.82) is 0 Å². The highest BCUT2D eigenvalue weighted by Crippen LogP contribution is 2.37. The second-order valence-electron chi connectivity index (χ2n) is 5.81. The molecule has 1 aromatic carbocycles. The van der Waals surface area contributed by atoms with Crippen molar-refractivity contribution in [3.63, 3.8) is 0 Å². The van der Waals surface area contributed by atoms with Crippen LogP contribution in [0.25, 0.3) is 0 Å². The molecule has 1 N–H and O–H groups in total. The summed E-state index contributed by atoms with van der Waals surface area (Å²) in [6.45, 7) is 4.04. The number of hydrogen-bond acceptors (Lipinski definition) is 3. The number of thioether (sulfide) groups is 1. The Morgan fingerprint density at radius 2 is 2.10 bits per heavy atom. The smallest absolute Gasteiger partial charge is 0.0860 e. The molecule has 2 fully saturated rings. The maximum absolute atomic E-state index is 5.97. The molecule has 0 amide bonds. The van der Waals surface area contributed by atoms with E-state index in [1.54, 1.807) is 0 Å². The van der Waals surface area contributed by atoms with Gasteiger partial charge in [0, 0.05) is 11.5 Å². The van der Waals surface area contributed by atoms with E-state index in [0.717, 1.165) is 30.6 Å². The average molecular weight is 291 g/mol. The van der Waals surface area contributed by atoms with Gasteiger partial charge in [-0.05, 0) is 36.4 Å². The van der Waals surface area contributed by atoms with E-state index in [1.807, 2.05) is 11.8 Å². The first-order chi connectivity index (χ1) is 9.88. The van der Waals surface area contributed by atoms with Crippen molar-refractivity contribution < 1.29 is 4.74 Å². The monoisotopic (exact) mass is 291 g/mol. The van der Waals surface area contributed by atoms with Crippen molar-refractivity contribution in [3.05, 3.63) is 35.4 Å². The van der Waals surface area contributed by atoms with Crippen LogP contribution in [-0.4, -0.2) is 30.8 Å². The van der Waals surface area contributed by atoms with Gasteiger partial charge in [-0.15, -0.1) is 0 Å². The number of nitrogens with one attached hydrogen (secondary N) is 1. The molecular formula is C17H25NOS. The Balaban J connectivity index is 1.72.